The normalized spacial score (nSPS) is 10.9. The fourth-order valence-corrected chi connectivity index (χ4v) is 2.86. The predicted octanol–water partition coefficient (Wildman–Crippen LogP) is 2.18. The Balaban J connectivity index is 1.81. The van der Waals surface area contributed by atoms with Crippen LogP contribution in [0, 0.1) is 0 Å². The maximum absolute atomic E-state index is 11.8. The molecule has 0 heterocycles. The van der Waals surface area contributed by atoms with Crippen LogP contribution in [0.15, 0.2) is 53.5 Å². The van der Waals surface area contributed by atoms with E-state index in [1.165, 1.54) is 6.92 Å². The lowest BCUT2D eigenvalue weighted by molar-refractivity contribution is -0.114. The van der Waals surface area contributed by atoms with Crippen LogP contribution in [-0.4, -0.2) is 51.1 Å². The third kappa shape index (κ3) is 8.77. The first-order valence-corrected chi connectivity index (χ1v) is 10.4. The molecule has 0 aromatic heterocycles. The number of carbonyl (C=O) groups excluding carboxylic acids is 2. The standard InChI is InChI=1S/C23H31N5O3/c1-4-25-23(26-12-11-18-7-5-8-19(15-18)22(30)24-3)27-13-14-31-21-10-6-9-20(16-21)28-17(2)29/h5-10,15-16H,4,11-14H2,1-3H3,(H,24,30)(H,28,29)(H2,25,26,27). The van der Waals surface area contributed by atoms with Gasteiger partial charge in [0.1, 0.15) is 12.4 Å². The summed E-state index contributed by atoms with van der Waals surface area (Å²) in [6, 6.07) is 14.8. The highest BCUT2D eigenvalue weighted by molar-refractivity contribution is 5.94. The zero-order valence-corrected chi connectivity index (χ0v) is 18.3. The molecule has 0 saturated heterocycles. The second kappa shape index (κ2) is 12.9. The third-order valence-electron chi connectivity index (χ3n) is 4.25. The number of aliphatic imine (C=N–C) groups is 1. The first kappa shape index (κ1) is 23.7. The minimum atomic E-state index is -0.120. The Kier molecular flexibility index (Phi) is 9.87. The van der Waals surface area contributed by atoms with Crippen molar-refractivity contribution in [1.82, 2.24) is 16.0 Å². The fraction of sp³-hybridized carbons (Fsp3) is 0.348. The number of hydrogen-bond acceptors (Lipinski definition) is 4. The Morgan fingerprint density at radius 3 is 2.61 bits per heavy atom. The van der Waals surface area contributed by atoms with E-state index in [-0.39, 0.29) is 11.8 Å². The number of amides is 2. The summed E-state index contributed by atoms with van der Waals surface area (Å²) in [5, 5.41) is 11.8. The molecule has 2 amide bonds. The molecule has 0 spiro atoms. The molecule has 0 fully saturated rings. The van der Waals surface area contributed by atoms with Gasteiger partial charge in [-0.05, 0) is 43.2 Å². The highest BCUT2D eigenvalue weighted by Crippen LogP contribution is 2.17. The first-order valence-electron chi connectivity index (χ1n) is 10.4. The van der Waals surface area contributed by atoms with Crippen molar-refractivity contribution in [3.05, 3.63) is 59.7 Å². The molecule has 8 heteroatoms. The first-order chi connectivity index (χ1) is 15.0. The van der Waals surface area contributed by atoms with Crippen LogP contribution in [0.25, 0.3) is 0 Å². The van der Waals surface area contributed by atoms with Crippen molar-refractivity contribution in [3.8, 4) is 5.75 Å². The zero-order valence-electron chi connectivity index (χ0n) is 18.3. The Labute approximate surface area is 183 Å². The molecule has 2 aromatic rings. The van der Waals surface area contributed by atoms with Crippen LogP contribution in [0.1, 0.15) is 29.8 Å². The van der Waals surface area contributed by atoms with Gasteiger partial charge in [0.2, 0.25) is 5.91 Å². The van der Waals surface area contributed by atoms with Crippen LogP contribution >= 0.6 is 0 Å². The Morgan fingerprint density at radius 2 is 1.87 bits per heavy atom. The molecule has 166 valence electrons. The second-order valence-electron chi connectivity index (χ2n) is 6.77. The van der Waals surface area contributed by atoms with Crippen LogP contribution in [0.5, 0.6) is 5.75 Å². The number of benzene rings is 2. The van der Waals surface area contributed by atoms with Crippen molar-refractivity contribution < 1.29 is 14.3 Å². The van der Waals surface area contributed by atoms with Crippen LogP contribution in [0.3, 0.4) is 0 Å². The molecule has 0 atom stereocenters. The summed E-state index contributed by atoms with van der Waals surface area (Å²) < 4.78 is 5.74. The number of hydrogen-bond donors (Lipinski definition) is 4. The summed E-state index contributed by atoms with van der Waals surface area (Å²) >= 11 is 0. The molecule has 0 aliphatic heterocycles. The monoisotopic (exact) mass is 425 g/mol. The maximum atomic E-state index is 11.8. The fourth-order valence-electron chi connectivity index (χ4n) is 2.86. The van der Waals surface area contributed by atoms with Gasteiger partial charge >= 0.3 is 0 Å². The third-order valence-corrected chi connectivity index (χ3v) is 4.25. The lowest BCUT2D eigenvalue weighted by atomic mass is 10.1. The summed E-state index contributed by atoms with van der Waals surface area (Å²) in [5.41, 5.74) is 2.41. The minimum absolute atomic E-state index is 0.0945. The van der Waals surface area contributed by atoms with E-state index < -0.39 is 0 Å². The number of rotatable bonds is 10. The molecule has 0 saturated carbocycles. The molecule has 0 unspecified atom stereocenters. The van der Waals surface area contributed by atoms with Gasteiger partial charge in [-0.25, -0.2) is 0 Å². The summed E-state index contributed by atoms with van der Waals surface area (Å²) in [4.78, 5) is 27.5. The minimum Gasteiger partial charge on any atom is -0.492 e. The Hall–Kier alpha value is -3.55. The smallest absolute Gasteiger partial charge is 0.251 e. The predicted molar refractivity (Wildman–Crippen MR) is 124 cm³/mol. The SMILES string of the molecule is CCNC(=NCCc1cccc(C(=O)NC)c1)NCCOc1cccc(NC(C)=O)c1. The average Bonchev–Trinajstić information content (AvgIpc) is 2.76. The van der Waals surface area contributed by atoms with E-state index in [2.05, 4.69) is 26.3 Å². The van der Waals surface area contributed by atoms with Crippen molar-refractivity contribution >= 4 is 23.5 Å². The van der Waals surface area contributed by atoms with Gasteiger partial charge in [-0.15, -0.1) is 0 Å². The van der Waals surface area contributed by atoms with Gasteiger partial charge in [0, 0.05) is 44.4 Å². The second-order valence-corrected chi connectivity index (χ2v) is 6.77. The van der Waals surface area contributed by atoms with Crippen molar-refractivity contribution in [3.63, 3.8) is 0 Å². The molecule has 2 aromatic carbocycles. The van der Waals surface area contributed by atoms with E-state index >= 15 is 0 Å². The molecular weight excluding hydrogens is 394 g/mol. The zero-order chi connectivity index (χ0) is 22.5. The van der Waals surface area contributed by atoms with Gasteiger partial charge in [0.05, 0.1) is 6.54 Å². The van der Waals surface area contributed by atoms with Gasteiger partial charge in [-0.1, -0.05) is 18.2 Å². The van der Waals surface area contributed by atoms with Crippen molar-refractivity contribution in [2.24, 2.45) is 4.99 Å². The van der Waals surface area contributed by atoms with Crippen LogP contribution in [0.2, 0.25) is 0 Å². The van der Waals surface area contributed by atoms with E-state index in [9.17, 15) is 9.59 Å². The number of ether oxygens (including phenoxy) is 1. The average molecular weight is 426 g/mol. The summed E-state index contributed by atoms with van der Waals surface area (Å²) in [5.74, 6) is 1.18. The topological polar surface area (TPSA) is 104 Å². The number of nitrogens with one attached hydrogen (secondary N) is 4. The van der Waals surface area contributed by atoms with Crippen molar-refractivity contribution in [2.45, 2.75) is 20.3 Å². The highest BCUT2D eigenvalue weighted by Gasteiger charge is 2.04. The number of anilines is 1. The Morgan fingerprint density at radius 1 is 1.06 bits per heavy atom. The molecule has 0 aliphatic rings. The van der Waals surface area contributed by atoms with E-state index in [0.29, 0.717) is 42.7 Å². The number of guanidine groups is 1. The molecule has 0 bridgehead atoms. The van der Waals surface area contributed by atoms with Crippen molar-refractivity contribution in [1.29, 1.82) is 0 Å². The van der Waals surface area contributed by atoms with E-state index in [1.54, 1.807) is 19.2 Å². The van der Waals surface area contributed by atoms with Crippen LogP contribution in [0.4, 0.5) is 5.69 Å². The van der Waals surface area contributed by atoms with Gasteiger partial charge in [0.15, 0.2) is 5.96 Å². The highest BCUT2D eigenvalue weighted by atomic mass is 16.5. The molecule has 2 rings (SSSR count). The Bertz CT molecular complexity index is 898. The van der Waals surface area contributed by atoms with Crippen LogP contribution in [-0.2, 0) is 11.2 Å². The molecule has 31 heavy (non-hydrogen) atoms. The largest absolute Gasteiger partial charge is 0.492 e. The lowest BCUT2D eigenvalue weighted by Crippen LogP contribution is -2.39. The van der Waals surface area contributed by atoms with Gasteiger partial charge in [-0.3, -0.25) is 14.6 Å². The molecule has 4 N–H and O–H groups in total. The number of nitrogens with zero attached hydrogens (tertiary/aromatic N) is 1. The quantitative estimate of drug-likeness (QED) is 0.265. The lowest BCUT2D eigenvalue weighted by Gasteiger charge is -2.13. The molecule has 0 aliphatic carbocycles. The molecule has 8 nitrogen and oxygen atoms in total. The van der Waals surface area contributed by atoms with E-state index in [1.807, 2.05) is 43.3 Å². The number of carbonyl (C=O) groups is 2. The maximum Gasteiger partial charge on any atom is 0.251 e. The van der Waals surface area contributed by atoms with Gasteiger partial charge in [0.25, 0.3) is 5.91 Å². The van der Waals surface area contributed by atoms with Crippen molar-refractivity contribution in [2.75, 3.05) is 38.6 Å². The summed E-state index contributed by atoms with van der Waals surface area (Å²) in [6.07, 6.45) is 0.730. The van der Waals surface area contributed by atoms with Gasteiger partial charge < -0.3 is 26.0 Å². The van der Waals surface area contributed by atoms with E-state index in [4.69, 9.17) is 4.74 Å². The van der Waals surface area contributed by atoms with Crippen LogP contribution < -0.4 is 26.0 Å². The molecule has 0 radical (unpaired) electrons. The molecular formula is C23H31N5O3. The van der Waals surface area contributed by atoms with E-state index in [0.717, 1.165) is 18.5 Å². The summed E-state index contributed by atoms with van der Waals surface area (Å²) in [6.45, 7) is 5.83. The summed E-state index contributed by atoms with van der Waals surface area (Å²) in [7, 11) is 1.62. The van der Waals surface area contributed by atoms with Gasteiger partial charge in [-0.2, -0.15) is 0 Å².